The number of rotatable bonds is 21. The molecule has 3 fully saturated rings. The number of aliphatic imine (C=N–C) groups is 1. The van der Waals surface area contributed by atoms with Crippen LogP contribution in [0.1, 0.15) is 119 Å². The first-order valence-corrected chi connectivity index (χ1v) is 26.1. The summed E-state index contributed by atoms with van der Waals surface area (Å²) in [6.45, 7) is 12.9. The van der Waals surface area contributed by atoms with Crippen LogP contribution in [-0.4, -0.2) is 126 Å². The van der Waals surface area contributed by atoms with E-state index in [1.165, 1.54) is 9.80 Å². The van der Waals surface area contributed by atoms with Gasteiger partial charge in [0.05, 0.1) is 10.9 Å². The molecule has 22 heteroatoms. The number of guanidine groups is 1. The number of carboxylic acids is 1. The van der Waals surface area contributed by atoms with Gasteiger partial charge in [0.25, 0.3) is 10.0 Å². The fourth-order valence-corrected chi connectivity index (χ4v) is 11.7. The lowest BCUT2D eigenvalue weighted by atomic mass is 9.75. The molecule has 0 radical (unpaired) electrons. The van der Waals surface area contributed by atoms with E-state index in [0.29, 0.717) is 67.0 Å². The monoisotopic (exact) mass is 1030 g/mol. The Bertz CT molecular complexity index is 2590. The van der Waals surface area contributed by atoms with Crippen LogP contribution in [0, 0.1) is 32.4 Å². The predicted octanol–water partition coefficient (Wildman–Crippen LogP) is 2.98. The SMILES string of the molecule is C=CCCC[C@H](N)C(=O)N[C@H](Cc1cc(F)cc(F)c1)C(=O)N1CCC[C@H]1C(=O)NC1(C(=O)N[C@@H](CCCN=C(N)NS(=O)(=O)c2c(C)c(C)c3c(c2C)CC(C)(C)O3)C(=O)N2CCC[C@H]2C(=O)O)CCC1. The van der Waals surface area contributed by atoms with E-state index < -0.39 is 104 Å². The van der Waals surface area contributed by atoms with Crippen molar-refractivity contribution in [3.05, 3.63) is 70.3 Å². The lowest BCUT2D eigenvalue weighted by Crippen LogP contribution is -2.67. The van der Waals surface area contributed by atoms with Gasteiger partial charge >= 0.3 is 5.97 Å². The van der Waals surface area contributed by atoms with Gasteiger partial charge in [0.2, 0.25) is 35.5 Å². The van der Waals surface area contributed by atoms with Gasteiger partial charge in [0.15, 0.2) is 0 Å². The van der Waals surface area contributed by atoms with Crippen LogP contribution in [0.4, 0.5) is 8.78 Å². The molecule has 2 saturated heterocycles. The molecule has 1 saturated carbocycles. The highest BCUT2D eigenvalue weighted by molar-refractivity contribution is 7.90. The fourth-order valence-electron chi connectivity index (χ4n) is 10.2. The third kappa shape index (κ3) is 12.5. The van der Waals surface area contributed by atoms with Gasteiger partial charge in [-0.2, -0.15) is 0 Å². The van der Waals surface area contributed by atoms with Crippen LogP contribution in [0.25, 0.3) is 0 Å². The summed E-state index contributed by atoms with van der Waals surface area (Å²) in [6.07, 6.45) is 5.39. The van der Waals surface area contributed by atoms with Crippen LogP contribution >= 0.6 is 0 Å². The number of halogens is 2. The van der Waals surface area contributed by atoms with E-state index in [1.807, 2.05) is 13.8 Å². The molecule has 4 aliphatic rings. The van der Waals surface area contributed by atoms with E-state index >= 15 is 0 Å². The van der Waals surface area contributed by atoms with Crippen molar-refractivity contribution in [1.82, 2.24) is 30.5 Å². The van der Waals surface area contributed by atoms with E-state index in [4.69, 9.17) is 16.2 Å². The number of nitrogens with zero attached hydrogens (tertiary/aromatic N) is 3. The summed E-state index contributed by atoms with van der Waals surface area (Å²) in [7, 11) is -4.22. The van der Waals surface area contributed by atoms with Crippen molar-refractivity contribution < 1.29 is 55.8 Å². The zero-order valence-electron chi connectivity index (χ0n) is 41.7. The Kier molecular flexibility index (Phi) is 17.4. The second kappa shape index (κ2) is 22.7. The van der Waals surface area contributed by atoms with Gasteiger partial charge in [-0.25, -0.2) is 26.7 Å². The molecule has 0 bridgehead atoms. The predicted molar refractivity (Wildman–Crippen MR) is 263 cm³/mol. The molecule has 6 rings (SSSR count). The smallest absolute Gasteiger partial charge is 0.326 e. The molecule has 19 nitrogen and oxygen atoms in total. The van der Waals surface area contributed by atoms with Gasteiger partial charge in [-0.3, -0.25) is 29.0 Å². The van der Waals surface area contributed by atoms with Gasteiger partial charge in [-0.15, -0.1) is 6.58 Å². The lowest BCUT2D eigenvalue weighted by Gasteiger charge is -2.43. The molecule has 394 valence electrons. The number of aliphatic carboxylic acids is 1. The number of sulfonamides is 1. The molecule has 2 aromatic rings. The number of benzene rings is 2. The Labute approximate surface area is 419 Å². The average Bonchev–Trinajstić information content (AvgIpc) is 4.06. The minimum absolute atomic E-state index is 0.0653. The molecule has 3 aliphatic heterocycles. The number of nitrogens with one attached hydrogen (secondary N) is 4. The van der Waals surface area contributed by atoms with Crippen molar-refractivity contribution in [2.75, 3.05) is 19.6 Å². The summed E-state index contributed by atoms with van der Waals surface area (Å²) in [4.78, 5) is 89.3. The summed E-state index contributed by atoms with van der Waals surface area (Å²) < 4.78 is 64.6. The molecular formula is C50H69F2N9O10S. The van der Waals surface area contributed by atoms with E-state index in [0.717, 1.165) is 17.7 Å². The zero-order valence-corrected chi connectivity index (χ0v) is 42.5. The molecule has 1 aliphatic carbocycles. The molecule has 2 aromatic carbocycles. The van der Waals surface area contributed by atoms with E-state index in [9.17, 15) is 51.1 Å². The van der Waals surface area contributed by atoms with Crippen LogP contribution in [0.5, 0.6) is 5.75 Å². The number of carbonyl (C=O) groups excluding carboxylic acids is 5. The Morgan fingerprint density at radius 1 is 0.903 bits per heavy atom. The number of carbonyl (C=O) groups is 6. The van der Waals surface area contributed by atoms with Gasteiger partial charge in [0, 0.05) is 44.1 Å². The Morgan fingerprint density at radius 3 is 2.14 bits per heavy atom. The molecule has 3 heterocycles. The highest BCUT2D eigenvalue weighted by atomic mass is 32.2. The normalized spacial score (nSPS) is 20.3. The van der Waals surface area contributed by atoms with Crippen LogP contribution in [0.3, 0.4) is 0 Å². The van der Waals surface area contributed by atoms with Crippen molar-refractivity contribution in [1.29, 1.82) is 0 Å². The molecule has 5 amide bonds. The Balaban J connectivity index is 1.15. The zero-order chi connectivity index (χ0) is 52.9. The number of hydrogen-bond acceptors (Lipinski definition) is 11. The maximum atomic E-state index is 14.4. The van der Waals surface area contributed by atoms with Crippen molar-refractivity contribution in [2.24, 2.45) is 16.5 Å². The largest absolute Gasteiger partial charge is 0.487 e. The number of allylic oxidation sites excluding steroid dienone is 1. The molecule has 72 heavy (non-hydrogen) atoms. The molecule has 0 unspecified atom stereocenters. The number of carboxylic acid groups (broad SMARTS) is 1. The van der Waals surface area contributed by atoms with Crippen LogP contribution < -0.4 is 36.9 Å². The number of likely N-dealkylation sites (tertiary alicyclic amines) is 2. The summed E-state index contributed by atoms with van der Waals surface area (Å²) in [5, 5.41) is 18.2. The first-order chi connectivity index (χ1) is 33.9. The second-order valence-corrected chi connectivity index (χ2v) is 21.7. The minimum Gasteiger partial charge on any atom is -0.487 e. The number of fused-ring (bicyclic) bond motifs is 1. The van der Waals surface area contributed by atoms with E-state index in [2.05, 4.69) is 32.2 Å². The third-order valence-corrected chi connectivity index (χ3v) is 15.9. The number of ether oxygens (including phenoxy) is 1. The van der Waals surface area contributed by atoms with E-state index in [1.54, 1.807) is 26.8 Å². The first-order valence-electron chi connectivity index (χ1n) is 24.6. The standard InChI is InChI=1S/C50H69F2N9O10S/c1-7-8-9-14-35(53)42(62)56-37(25-31-23-32(51)26-33(52)24-31)45(65)60-21-11-16-38(60)43(63)58-50(18-13-19-50)47(68)57-36(44(64)61-22-12-17-39(61)46(66)67)15-10-20-55-48(54)59-72(69,70)41-29(3)28(2)40-34(30(41)4)27-49(5,6)71-40/h7,23-24,26,35-39H,1,8-22,25,27,53H2,2-6H3,(H,56,62)(H,57,68)(H,58,63)(H,66,67)(H3,54,55,59)/t35-,36-,37+,38-,39-/m0/s1. The van der Waals surface area contributed by atoms with Crippen molar-refractivity contribution >= 4 is 51.5 Å². The molecule has 9 N–H and O–H groups in total. The minimum atomic E-state index is -4.22. The van der Waals surface area contributed by atoms with Gasteiger partial charge < -0.3 is 47.1 Å². The molecule has 0 aromatic heterocycles. The van der Waals surface area contributed by atoms with Gasteiger partial charge in [-0.05, 0) is 146 Å². The van der Waals surface area contributed by atoms with Crippen molar-refractivity contribution in [3.8, 4) is 5.75 Å². The summed E-state index contributed by atoms with van der Waals surface area (Å²) >= 11 is 0. The van der Waals surface area contributed by atoms with Crippen LogP contribution in [0.2, 0.25) is 0 Å². The Hall–Kier alpha value is -6.16. The summed E-state index contributed by atoms with van der Waals surface area (Å²) in [5.74, 6) is -6.11. The maximum absolute atomic E-state index is 14.4. The lowest BCUT2D eigenvalue weighted by molar-refractivity contribution is -0.150. The summed E-state index contributed by atoms with van der Waals surface area (Å²) in [5.41, 5.74) is 12.8. The third-order valence-electron chi connectivity index (χ3n) is 14.2. The highest BCUT2D eigenvalue weighted by Gasteiger charge is 2.50. The Morgan fingerprint density at radius 2 is 1.53 bits per heavy atom. The highest BCUT2D eigenvalue weighted by Crippen LogP contribution is 2.44. The van der Waals surface area contributed by atoms with Crippen molar-refractivity contribution in [3.63, 3.8) is 0 Å². The quantitative estimate of drug-likeness (QED) is 0.0412. The topological polar surface area (TPSA) is 285 Å². The number of amides is 5. The van der Waals surface area contributed by atoms with Gasteiger partial charge in [-0.1, -0.05) is 6.08 Å². The average molecular weight is 1030 g/mol. The molecular weight excluding hydrogens is 957 g/mol. The van der Waals surface area contributed by atoms with Gasteiger partial charge in [0.1, 0.15) is 52.7 Å². The number of unbranched alkanes of at least 4 members (excludes halogenated alkanes) is 1. The second-order valence-electron chi connectivity index (χ2n) is 20.1. The fraction of sp³-hybridized carbons (Fsp3) is 0.580. The number of nitrogens with two attached hydrogens (primary N) is 2. The molecule has 0 spiro atoms. The first kappa shape index (κ1) is 55.2. The molecule has 5 atom stereocenters. The van der Waals surface area contributed by atoms with Crippen LogP contribution in [-0.2, 0) is 51.6 Å². The number of hydrogen-bond donors (Lipinski definition) is 7. The van der Waals surface area contributed by atoms with Crippen LogP contribution in [0.15, 0.2) is 40.7 Å². The maximum Gasteiger partial charge on any atom is 0.326 e. The summed E-state index contributed by atoms with van der Waals surface area (Å²) in [6, 6.07) is -3.13. The van der Waals surface area contributed by atoms with Crippen molar-refractivity contribution in [2.45, 2.75) is 171 Å². The van der Waals surface area contributed by atoms with E-state index in [-0.39, 0.29) is 81.5 Å².